The predicted octanol–water partition coefficient (Wildman–Crippen LogP) is 5.58. The van der Waals surface area contributed by atoms with Crippen LogP contribution in [0.1, 0.15) is 5.69 Å². The van der Waals surface area contributed by atoms with Gasteiger partial charge in [-0.3, -0.25) is 19.5 Å². The second-order valence-corrected chi connectivity index (χ2v) is 9.02. The molecular formula is C26H22ClN5OS. The van der Waals surface area contributed by atoms with Gasteiger partial charge in [-0.2, -0.15) is 0 Å². The van der Waals surface area contributed by atoms with E-state index in [-0.39, 0.29) is 5.56 Å². The Hall–Kier alpha value is -3.81. The highest BCUT2D eigenvalue weighted by molar-refractivity contribution is 7.07. The van der Waals surface area contributed by atoms with E-state index in [1.807, 2.05) is 114 Å². The molecule has 0 saturated carbocycles. The minimum Gasteiger partial charge on any atom is -0.283 e. The number of nitrogens with one attached hydrogen (secondary N) is 1. The molecule has 0 saturated heterocycles. The first kappa shape index (κ1) is 22.0. The highest BCUT2D eigenvalue weighted by atomic mass is 35.5. The molecule has 1 N–H and O–H groups in total. The zero-order valence-electron chi connectivity index (χ0n) is 18.6. The van der Waals surface area contributed by atoms with Crippen LogP contribution in [0.3, 0.4) is 0 Å². The average Bonchev–Trinajstić information content (AvgIpc) is 3.37. The van der Waals surface area contributed by atoms with Crippen molar-refractivity contribution in [3.8, 4) is 22.6 Å². The number of rotatable bonds is 5. The highest BCUT2D eigenvalue weighted by Crippen LogP contribution is 2.26. The second kappa shape index (κ2) is 9.21. The molecule has 0 bridgehead atoms. The Labute approximate surface area is 205 Å². The minimum absolute atomic E-state index is 0.124. The SMILES string of the molecule is Cc1c(-n2c(-c3ccc(Cl)cc3)cs/c2=N/Nc2ccccc2)c(=O)n(-c2ccccc2)n1C. The molecule has 2 aromatic heterocycles. The van der Waals surface area contributed by atoms with Crippen molar-refractivity contribution in [1.82, 2.24) is 13.9 Å². The minimum atomic E-state index is -0.124. The van der Waals surface area contributed by atoms with E-state index >= 15 is 0 Å². The zero-order chi connectivity index (χ0) is 23.7. The van der Waals surface area contributed by atoms with Gasteiger partial charge in [-0.05, 0) is 48.9 Å². The molecule has 5 aromatic rings. The van der Waals surface area contributed by atoms with Gasteiger partial charge in [-0.1, -0.05) is 60.1 Å². The molecule has 5 rings (SSSR count). The molecule has 0 unspecified atom stereocenters. The van der Waals surface area contributed by atoms with Gasteiger partial charge in [-0.25, -0.2) is 4.68 Å². The molecule has 0 amide bonds. The van der Waals surface area contributed by atoms with Crippen LogP contribution in [0.4, 0.5) is 5.69 Å². The lowest BCUT2D eigenvalue weighted by atomic mass is 10.1. The van der Waals surface area contributed by atoms with Crippen molar-refractivity contribution < 1.29 is 0 Å². The Morgan fingerprint density at radius 1 is 0.912 bits per heavy atom. The summed E-state index contributed by atoms with van der Waals surface area (Å²) in [5, 5.41) is 7.32. The fourth-order valence-electron chi connectivity index (χ4n) is 3.86. The number of benzene rings is 3. The number of thiazole rings is 1. The van der Waals surface area contributed by atoms with Gasteiger partial charge < -0.3 is 0 Å². The average molecular weight is 488 g/mol. The fourth-order valence-corrected chi connectivity index (χ4v) is 4.84. The maximum absolute atomic E-state index is 13.8. The van der Waals surface area contributed by atoms with Gasteiger partial charge in [0.2, 0.25) is 4.80 Å². The van der Waals surface area contributed by atoms with Gasteiger partial charge >= 0.3 is 0 Å². The summed E-state index contributed by atoms with van der Waals surface area (Å²) >= 11 is 7.59. The molecule has 170 valence electrons. The van der Waals surface area contributed by atoms with Crippen molar-refractivity contribution in [2.75, 3.05) is 5.43 Å². The molecule has 2 heterocycles. The molecule has 3 aromatic carbocycles. The molecule has 6 nitrogen and oxygen atoms in total. The van der Waals surface area contributed by atoms with Gasteiger partial charge in [0.15, 0.2) is 0 Å². The third-order valence-corrected chi connectivity index (χ3v) is 6.73. The molecule has 34 heavy (non-hydrogen) atoms. The van der Waals surface area contributed by atoms with Gasteiger partial charge in [0.05, 0.1) is 22.8 Å². The molecular weight excluding hydrogens is 466 g/mol. The number of halogens is 1. The molecule has 0 aliphatic heterocycles. The summed E-state index contributed by atoms with van der Waals surface area (Å²) in [4.78, 5) is 14.5. The Bertz CT molecular complexity index is 1560. The first-order valence-corrected chi connectivity index (χ1v) is 12.0. The quantitative estimate of drug-likeness (QED) is 0.329. The maximum atomic E-state index is 13.8. The van der Waals surface area contributed by atoms with E-state index in [1.165, 1.54) is 11.3 Å². The number of anilines is 1. The Morgan fingerprint density at radius 2 is 1.56 bits per heavy atom. The predicted molar refractivity (Wildman–Crippen MR) is 139 cm³/mol. The first-order chi connectivity index (χ1) is 16.5. The lowest BCUT2D eigenvalue weighted by Crippen LogP contribution is -2.25. The van der Waals surface area contributed by atoms with Crippen molar-refractivity contribution in [2.24, 2.45) is 12.1 Å². The van der Waals surface area contributed by atoms with Crippen LogP contribution >= 0.6 is 22.9 Å². The molecule has 0 atom stereocenters. The highest BCUT2D eigenvalue weighted by Gasteiger charge is 2.22. The van der Waals surface area contributed by atoms with Crippen LogP contribution in [-0.2, 0) is 7.05 Å². The molecule has 0 fully saturated rings. The molecule has 0 radical (unpaired) electrons. The van der Waals surface area contributed by atoms with E-state index in [0.717, 1.165) is 28.3 Å². The second-order valence-electron chi connectivity index (χ2n) is 7.75. The third kappa shape index (κ3) is 4.00. The zero-order valence-corrected chi connectivity index (χ0v) is 20.2. The Balaban J connectivity index is 1.75. The van der Waals surface area contributed by atoms with Crippen LogP contribution < -0.4 is 15.8 Å². The summed E-state index contributed by atoms with van der Waals surface area (Å²) in [6.07, 6.45) is 0. The van der Waals surface area contributed by atoms with Gasteiger partial charge in [-0.15, -0.1) is 16.4 Å². The number of nitrogens with zero attached hydrogens (tertiary/aromatic N) is 4. The van der Waals surface area contributed by atoms with Gasteiger partial charge in [0.1, 0.15) is 5.69 Å². The summed E-state index contributed by atoms with van der Waals surface area (Å²) < 4.78 is 5.47. The van der Waals surface area contributed by atoms with E-state index in [0.29, 0.717) is 15.5 Å². The summed E-state index contributed by atoms with van der Waals surface area (Å²) in [6, 6.07) is 26.9. The lowest BCUT2D eigenvalue weighted by Gasteiger charge is -2.09. The molecule has 0 aliphatic rings. The van der Waals surface area contributed by atoms with Crippen LogP contribution in [0.25, 0.3) is 22.6 Å². The summed E-state index contributed by atoms with van der Waals surface area (Å²) in [5.74, 6) is 0. The number of para-hydroxylation sites is 2. The number of hydrogen-bond acceptors (Lipinski definition) is 4. The summed E-state index contributed by atoms with van der Waals surface area (Å²) in [5.41, 5.74) is 7.83. The monoisotopic (exact) mass is 487 g/mol. The van der Waals surface area contributed by atoms with Crippen molar-refractivity contribution >= 4 is 28.6 Å². The van der Waals surface area contributed by atoms with Crippen molar-refractivity contribution in [2.45, 2.75) is 6.92 Å². The van der Waals surface area contributed by atoms with Gasteiger partial charge in [0.25, 0.3) is 5.56 Å². The van der Waals surface area contributed by atoms with Crippen LogP contribution in [0.5, 0.6) is 0 Å². The number of aromatic nitrogens is 3. The van der Waals surface area contributed by atoms with Crippen molar-refractivity contribution in [3.63, 3.8) is 0 Å². The first-order valence-electron chi connectivity index (χ1n) is 10.7. The fraction of sp³-hybridized carbons (Fsp3) is 0.0769. The molecule has 0 aliphatic carbocycles. The van der Waals surface area contributed by atoms with E-state index in [4.69, 9.17) is 11.6 Å². The normalized spacial score (nSPS) is 11.7. The Morgan fingerprint density at radius 3 is 2.24 bits per heavy atom. The smallest absolute Gasteiger partial charge is 0.283 e. The van der Waals surface area contributed by atoms with E-state index < -0.39 is 0 Å². The van der Waals surface area contributed by atoms with Crippen LogP contribution in [0, 0.1) is 6.92 Å². The van der Waals surface area contributed by atoms with Crippen LogP contribution in [0.15, 0.2) is 100 Å². The third-order valence-electron chi connectivity index (χ3n) is 5.65. The topological polar surface area (TPSA) is 56.2 Å². The summed E-state index contributed by atoms with van der Waals surface area (Å²) in [7, 11) is 1.89. The lowest BCUT2D eigenvalue weighted by molar-refractivity contribution is 0.630. The maximum Gasteiger partial charge on any atom is 0.296 e. The molecule has 8 heteroatoms. The van der Waals surface area contributed by atoms with Crippen molar-refractivity contribution in [1.29, 1.82) is 0 Å². The largest absolute Gasteiger partial charge is 0.296 e. The standard InChI is InChI=1S/C26H22ClN5OS/c1-18-24(25(33)32(30(18)2)22-11-7-4-8-12-22)31-23(19-13-15-20(27)16-14-19)17-34-26(31)29-28-21-9-5-3-6-10-21/h3-17,28H,1-2H3/b29-26+. The van der Waals surface area contributed by atoms with Crippen LogP contribution in [-0.4, -0.2) is 13.9 Å². The number of hydrogen-bond donors (Lipinski definition) is 1. The van der Waals surface area contributed by atoms with Gasteiger partial charge in [0, 0.05) is 17.5 Å². The van der Waals surface area contributed by atoms with E-state index in [2.05, 4.69) is 10.5 Å². The Kier molecular flexibility index (Phi) is 5.96. The van der Waals surface area contributed by atoms with Crippen molar-refractivity contribution in [3.05, 3.63) is 116 Å². The molecule has 0 spiro atoms. The van der Waals surface area contributed by atoms with Crippen LogP contribution in [0.2, 0.25) is 5.02 Å². The van der Waals surface area contributed by atoms with E-state index in [9.17, 15) is 4.79 Å². The van der Waals surface area contributed by atoms with E-state index in [1.54, 1.807) is 4.68 Å². The summed E-state index contributed by atoms with van der Waals surface area (Å²) in [6.45, 7) is 1.95.